The van der Waals surface area contributed by atoms with Crippen molar-refractivity contribution in [3.8, 4) is 0 Å². The SMILES string of the molecule is CC.CC.CCc1nccc(Nc2ccccc2)n1. The highest BCUT2D eigenvalue weighted by Gasteiger charge is 1.97. The zero-order valence-corrected chi connectivity index (χ0v) is 12.6. The van der Waals surface area contributed by atoms with E-state index in [9.17, 15) is 0 Å². The maximum atomic E-state index is 4.36. The van der Waals surface area contributed by atoms with Crippen LogP contribution in [0.5, 0.6) is 0 Å². The van der Waals surface area contributed by atoms with Gasteiger partial charge in [-0.05, 0) is 18.2 Å². The van der Waals surface area contributed by atoms with E-state index in [1.807, 2.05) is 71.0 Å². The highest BCUT2D eigenvalue weighted by atomic mass is 15.0. The molecule has 0 saturated carbocycles. The fourth-order valence-corrected chi connectivity index (χ4v) is 1.31. The van der Waals surface area contributed by atoms with E-state index in [0.29, 0.717) is 0 Å². The Morgan fingerprint density at radius 3 is 2.16 bits per heavy atom. The molecule has 0 spiro atoms. The van der Waals surface area contributed by atoms with Crippen LogP contribution in [0, 0.1) is 0 Å². The number of hydrogen-bond donors (Lipinski definition) is 1. The molecular formula is C16H25N3. The first kappa shape index (κ1) is 17.1. The van der Waals surface area contributed by atoms with E-state index in [0.717, 1.165) is 23.8 Å². The third-order valence-electron chi connectivity index (χ3n) is 2.07. The lowest BCUT2D eigenvalue weighted by Gasteiger charge is -2.05. The molecular weight excluding hydrogens is 234 g/mol. The van der Waals surface area contributed by atoms with Crippen LogP contribution < -0.4 is 5.32 Å². The Hall–Kier alpha value is -1.90. The molecule has 2 rings (SSSR count). The molecule has 0 fully saturated rings. The molecule has 0 unspecified atom stereocenters. The summed E-state index contributed by atoms with van der Waals surface area (Å²) >= 11 is 0. The summed E-state index contributed by atoms with van der Waals surface area (Å²) in [5.41, 5.74) is 1.04. The molecule has 1 aromatic heterocycles. The lowest BCUT2D eigenvalue weighted by atomic mass is 10.3. The molecule has 0 saturated heterocycles. The second-order valence-corrected chi connectivity index (χ2v) is 3.20. The summed E-state index contributed by atoms with van der Waals surface area (Å²) < 4.78 is 0. The van der Waals surface area contributed by atoms with Crippen LogP contribution >= 0.6 is 0 Å². The van der Waals surface area contributed by atoms with Crippen LogP contribution in [0.1, 0.15) is 40.4 Å². The smallest absolute Gasteiger partial charge is 0.134 e. The summed E-state index contributed by atoms with van der Waals surface area (Å²) in [4.78, 5) is 8.51. The van der Waals surface area contributed by atoms with E-state index < -0.39 is 0 Å². The van der Waals surface area contributed by atoms with E-state index in [-0.39, 0.29) is 0 Å². The van der Waals surface area contributed by atoms with Gasteiger partial charge in [-0.3, -0.25) is 0 Å². The van der Waals surface area contributed by atoms with Crippen molar-refractivity contribution in [1.82, 2.24) is 9.97 Å². The van der Waals surface area contributed by atoms with Gasteiger partial charge in [0.2, 0.25) is 0 Å². The van der Waals surface area contributed by atoms with Crippen LogP contribution in [0.15, 0.2) is 42.6 Å². The Morgan fingerprint density at radius 1 is 0.947 bits per heavy atom. The summed E-state index contributed by atoms with van der Waals surface area (Å²) in [5, 5.41) is 3.23. The lowest BCUT2D eigenvalue weighted by molar-refractivity contribution is 0.943. The van der Waals surface area contributed by atoms with Crippen molar-refractivity contribution in [3.63, 3.8) is 0 Å². The minimum absolute atomic E-state index is 0.841. The average Bonchev–Trinajstić information content (AvgIpc) is 2.52. The Labute approximate surface area is 117 Å². The molecule has 1 heterocycles. The summed E-state index contributed by atoms with van der Waals surface area (Å²) in [7, 11) is 0. The molecule has 3 nitrogen and oxygen atoms in total. The summed E-state index contributed by atoms with van der Waals surface area (Å²) in [5.74, 6) is 1.70. The maximum Gasteiger partial charge on any atom is 0.134 e. The summed E-state index contributed by atoms with van der Waals surface area (Å²) in [6, 6.07) is 11.9. The van der Waals surface area contributed by atoms with Gasteiger partial charge < -0.3 is 5.32 Å². The Bertz CT molecular complexity index is 427. The summed E-state index contributed by atoms with van der Waals surface area (Å²) in [6.07, 6.45) is 2.63. The van der Waals surface area contributed by atoms with Crippen molar-refractivity contribution in [3.05, 3.63) is 48.4 Å². The molecule has 2 aromatic rings. The largest absolute Gasteiger partial charge is 0.340 e. The number of anilines is 2. The normalized spacial score (nSPS) is 8.47. The van der Waals surface area contributed by atoms with Crippen LogP contribution in [0.4, 0.5) is 11.5 Å². The molecule has 1 N–H and O–H groups in total. The second kappa shape index (κ2) is 11.2. The van der Waals surface area contributed by atoms with E-state index >= 15 is 0 Å². The molecule has 0 aliphatic rings. The average molecular weight is 259 g/mol. The van der Waals surface area contributed by atoms with Gasteiger partial charge in [0, 0.05) is 18.3 Å². The predicted octanol–water partition coefficient (Wildman–Crippen LogP) is 4.84. The van der Waals surface area contributed by atoms with E-state index in [1.165, 1.54) is 0 Å². The van der Waals surface area contributed by atoms with Gasteiger partial charge in [0.15, 0.2) is 0 Å². The molecule has 104 valence electrons. The minimum Gasteiger partial charge on any atom is -0.340 e. The van der Waals surface area contributed by atoms with E-state index in [2.05, 4.69) is 15.3 Å². The first-order valence-electron chi connectivity index (χ1n) is 7.02. The highest BCUT2D eigenvalue weighted by Crippen LogP contribution is 2.12. The fourth-order valence-electron chi connectivity index (χ4n) is 1.31. The van der Waals surface area contributed by atoms with Crippen LogP contribution in [0.2, 0.25) is 0 Å². The molecule has 0 aliphatic carbocycles. The van der Waals surface area contributed by atoms with Crippen LogP contribution in [0.25, 0.3) is 0 Å². The molecule has 0 amide bonds. The highest BCUT2D eigenvalue weighted by molar-refractivity contribution is 5.55. The zero-order valence-electron chi connectivity index (χ0n) is 12.6. The number of rotatable bonds is 3. The number of benzene rings is 1. The quantitative estimate of drug-likeness (QED) is 0.857. The van der Waals surface area contributed by atoms with Crippen molar-refractivity contribution >= 4 is 11.5 Å². The van der Waals surface area contributed by atoms with Crippen molar-refractivity contribution in [1.29, 1.82) is 0 Å². The maximum absolute atomic E-state index is 4.36. The molecule has 0 bridgehead atoms. The van der Waals surface area contributed by atoms with Crippen molar-refractivity contribution in [2.75, 3.05) is 5.32 Å². The third kappa shape index (κ3) is 6.55. The van der Waals surface area contributed by atoms with Gasteiger partial charge in [0.25, 0.3) is 0 Å². The van der Waals surface area contributed by atoms with Gasteiger partial charge in [-0.1, -0.05) is 52.8 Å². The van der Waals surface area contributed by atoms with E-state index in [4.69, 9.17) is 0 Å². The Morgan fingerprint density at radius 2 is 1.58 bits per heavy atom. The minimum atomic E-state index is 0.841. The number of nitrogens with one attached hydrogen (secondary N) is 1. The molecule has 0 atom stereocenters. The van der Waals surface area contributed by atoms with Gasteiger partial charge in [-0.2, -0.15) is 0 Å². The molecule has 19 heavy (non-hydrogen) atoms. The van der Waals surface area contributed by atoms with Crippen molar-refractivity contribution < 1.29 is 0 Å². The number of aromatic nitrogens is 2. The van der Waals surface area contributed by atoms with Gasteiger partial charge >= 0.3 is 0 Å². The first-order chi connectivity index (χ1) is 9.38. The van der Waals surface area contributed by atoms with Gasteiger partial charge in [0.05, 0.1) is 0 Å². The summed E-state index contributed by atoms with van der Waals surface area (Å²) in [6.45, 7) is 10.0. The zero-order chi connectivity index (χ0) is 14.5. The van der Waals surface area contributed by atoms with Gasteiger partial charge in [-0.15, -0.1) is 0 Å². The second-order valence-electron chi connectivity index (χ2n) is 3.20. The predicted molar refractivity (Wildman–Crippen MR) is 83.8 cm³/mol. The topological polar surface area (TPSA) is 37.8 Å². The van der Waals surface area contributed by atoms with Gasteiger partial charge in [-0.25, -0.2) is 9.97 Å². The molecule has 3 heteroatoms. The molecule has 1 aromatic carbocycles. The Kier molecular flexibility index (Phi) is 10.1. The van der Waals surface area contributed by atoms with Crippen LogP contribution in [0.3, 0.4) is 0 Å². The number of nitrogens with zero attached hydrogens (tertiary/aromatic N) is 2. The molecule has 0 aliphatic heterocycles. The number of aryl methyl sites for hydroxylation is 1. The standard InChI is InChI=1S/C12H13N3.2C2H6/c1-2-11-13-9-8-12(15-11)14-10-6-4-3-5-7-10;2*1-2/h3-9H,2H2,1H3,(H,13,14,15);2*1-2H3. The fraction of sp³-hybridized carbons (Fsp3) is 0.375. The Balaban J connectivity index is 0.000000741. The van der Waals surface area contributed by atoms with Crippen LogP contribution in [-0.4, -0.2) is 9.97 Å². The monoisotopic (exact) mass is 259 g/mol. The third-order valence-corrected chi connectivity index (χ3v) is 2.07. The van der Waals surface area contributed by atoms with Crippen molar-refractivity contribution in [2.24, 2.45) is 0 Å². The first-order valence-corrected chi connectivity index (χ1v) is 7.02. The van der Waals surface area contributed by atoms with Crippen LogP contribution in [-0.2, 0) is 6.42 Å². The van der Waals surface area contributed by atoms with E-state index in [1.54, 1.807) is 6.20 Å². The van der Waals surface area contributed by atoms with Gasteiger partial charge in [0.1, 0.15) is 11.6 Å². The number of para-hydroxylation sites is 1. The number of hydrogen-bond acceptors (Lipinski definition) is 3. The molecule has 0 radical (unpaired) electrons. The lowest BCUT2D eigenvalue weighted by Crippen LogP contribution is -1.98. The van der Waals surface area contributed by atoms with Crippen molar-refractivity contribution in [2.45, 2.75) is 41.0 Å².